The van der Waals surface area contributed by atoms with Gasteiger partial charge in [0, 0.05) is 12.2 Å². The van der Waals surface area contributed by atoms with Crippen LogP contribution in [-0.4, -0.2) is 43.2 Å². The van der Waals surface area contributed by atoms with Crippen molar-refractivity contribution in [1.29, 1.82) is 0 Å². The summed E-state index contributed by atoms with van der Waals surface area (Å²) in [6, 6.07) is 5.73. The van der Waals surface area contributed by atoms with E-state index in [0.29, 0.717) is 11.5 Å². The molecule has 0 bridgehead atoms. The van der Waals surface area contributed by atoms with Gasteiger partial charge in [0.25, 0.3) is 0 Å². The number of carbonyl (C=O) groups excluding carboxylic acids is 1. The zero-order chi connectivity index (χ0) is 17.0. The van der Waals surface area contributed by atoms with Crippen LogP contribution in [-0.2, 0) is 4.74 Å². The van der Waals surface area contributed by atoms with E-state index in [2.05, 4.69) is 24.2 Å². The molecule has 23 heavy (non-hydrogen) atoms. The quantitative estimate of drug-likeness (QED) is 0.860. The van der Waals surface area contributed by atoms with E-state index < -0.39 is 5.60 Å². The van der Waals surface area contributed by atoms with Gasteiger partial charge in [-0.3, -0.25) is 0 Å². The lowest BCUT2D eigenvalue weighted by atomic mass is 9.97. The summed E-state index contributed by atoms with van der Waals surface area (Å²) in [5, 5.41) is 3.53. The van der Waals surface area contributed by atoms with Crippen LogP contribution in [0.5, 0.6) is 0 Å². The Labute approximate surface area is 140 Å². The predicted octanol–water partition coefficient (Wildman–Crippen LogP) is 3.70. The molecule has 0 amide bonds. The molecule has 4 heteroatoms. The standard InChI is InChI=1S/C19H30N2O2/c1-14-6-7-16(18(22)23-19(2,3)4)12-17(14)20-13-15-8-10-21(5)11-9-15/h6-7,12,15,20H,8-11,13H2,1-5H3. The Bertz CT molecular complexity index is 541. The number of anilines is 1. The summed E-state index contributed by atoms with van der Waals surface area (Å²) >= 11 is 0. The van der Waals surface area contributed by atoms with Crippen LogP contribution in [0.4, 0.5) is 5.69 Å². The van der Waals surface area contributed by atoms with Crippen molar-refractivity contribution in [2.45, 2.75) is 46.1 Å². The number of aryl methyl sites for hydroxylation is 1. The number of hydrogen-bond donors (Lipinski definition) is 1. The average Bonchev–Trinajstić information content (AvgIpc) is 2.46. The molecule has 1 aliphatic rings. The number of benzene rings is 1. The van der Waals surface area contributed by atoms with Gasteiger partial charge in [-0.2, -0.15) is 0 Å². The molecule has 0 atom stereocenters. The lowest BCUT2D eigenvalue weighted by Crippen LogP contribution is -2.33. The van der Waals surface area contributed by atoms with E-state index in [1.54, 1.807) is 0 Å². The molecule has 1 aromatic rings. The molecule has 0 spiro atoms. The van der Waals surface area contributed by atoms with Gasteiger partial charge >= 0.3 is 5.97 Å². The first-order valence-corrected chi connectivity index (χ1v) is 8.51. The highest BCUT2D eigenvalue weighted by Crippen LogP contribution is 2.22. The van der Waals surface area contributed by atoms with Gasteiger partial charge in [-0.25, -0.2) is 4.79 Å². The molecule has 1 N–H and O–H groups in total. The van der Waals surface area contributed by atoms with Crippen LogP contribution in [0.15, 0.2) is 18.2 Å². The van der Waals surface area contributed by atoms with Crippen molar-refractivity contribution in [3.8, 4) is 0 Å². The highest BCUT2D eigenvalue weighted by Gasteiger charge is 2.19. The molecule has 128 valence electrons. The van der Waals surface area contributed by atoms with Crippen LogP contribution in [0.1, 0.15) is 49.5 Å². The number of likely N-dealkylation sites (tertiary alicyclic amines) is 1. The van der Waals surface area contributed by atoms with E-state index in [9.17, 15) is 4.79 Å². The van der Waals surface area contributed by atoms with Gasteiger partial charge in [-0.15, -0.1) is 0 Å². The summed E-state index contributed by atoms with van der Waals surface area (Å²) in [4.78, 5) is 14.6. The fourth-order valence-electron chi connectivity index (χ4n) is 2.80. The largest absolute Gasteiger partial charge is 0.456 e. The number of carbonyl (C=O) groups is 1. The van der Waals surface area contributed by atoms with Crippen LogP contribution in [0.3, 0.4) is 0 Å². The van der Waals surface area contributed by atoms with Crippen LogP contribution in [0.2, 0.25) is 0 Å². The molecule has 0 unspecified atom stereocenters. The summed E-state index contributed by atoms with van der Waals surface area (Å²) in [6.07, 6.45) is 2.46. The Morgan fingerprint density at radius 1 is 1.30 bits per heavy atom. The lowest BCUT2D eigenvalue weighted by molar-refractivity contribution is 0.00696. The molecular formula is C19H30N2O2. The second-order valence-electron chi connectivity index (χ2n) is 7.66. The molecule has 1 aromatic carbocycles. The Kier molecular flexibility index (Phi) is 5.69. The average molecular weight is 318 g/mol. The summed E-state index contributed by atoms with van der Waals surface area (Å²) in [7, 11) is 2.18. The van der Waals surface area contributed by atoms with Crippen molar-refractivity contribution >= 4 is 11.7 Å². The summed E-state index contributed by atoms with van der Waals surface area (Å²) in [5.74, 6) is 0.440. The third-order valence-electron chi connectivity index (χ3n) is 4.29. The highest BCUT2D eigenvalue weighted by atomic mass is 16.6. The van der Waals surface area contributed by atoms with E-state index in [1.165, 1.54) is 25.9 Å². The molecule has 2 rings (SSSR count). The first-order valence-electron chi connectivity index (χ1n) is 8.51. The first-order chi connectivity index (χ1) is 10.7. The summed E-state index contributed by atoms with van der Waals surface area (Å²) in [6.45, 7) is 11.0. The van der Waals surface area contributed by atoms with E-state index in [0.717, 1.165) is 17.8 Å². The van der Waals surface area contributed by atoms with Gasteiger partial charge in [0.2, 0.25) is 0 Å². The third kappa shape index (κ3) is 5.54. The van der Waals surface area contributed by atoms with Crippen LogP contribution < -0.4 is 5.32 Å². The van der Waals surface area contributed by atoms with Crippen molar-refractivity contribution in [1.82, 2.24) is 4.90 Å². The number of piperidine rings is 1. The molecule has 1 heterocycles. The smallest absolute Gasteiger partial charge is 0.338 e. The number of hydrogen-bond acceptors (Lipinski definition) is 4. The Morgan fingerprint density at radius 3 is 2.57 bits per heavy atom. The van der Waals surface area contributed by atoms with Crippen molar-refractivity contribution in [2.75, 3.05) is 32.0 Å². The van der Waals surface area contributed by atoms with Gasteiger partial charge in [0.15, 0.2) is 0 Å². The molecule has 1 fully saturated rings. The van der Waals surface area contributed by atoms with Crippen molar-refractivity contribution in [3.63, 3.8) is 0 Å². The van der Waals surface area contributed by atoms with E-state index in [1.807, 2.05) is 39.0 Å². The Hall–Kier alpha value is -1.55. The SMILES string of the molecule is Cc1ccc(C(=O)OC(C)(C)C)cc1NCC1CCN(C)CC1. The molecule has 0 radical (unpaired) electrons. The van der Waals surface area contributed by atoms with Gasteiger partial charge in [0.05, 0.1) is 5.56 Å². The van der Waals surface area contributed by atoms with Crippen molar-refractivity contribution in [2.24, 2.45) is 5.92 Å². The Balaban J connectivity index is 1.98. The van der Waals surface area contributed by atoms with Gasteiger partial charge in [0.1, 0.15) is 5.60 Å². The maximum absolute atomic E-state index is 12.2. The van der Waals surface area contributed by atoms with Gasteiger partial charge < -0.3 is 15.0 Å². The highest BCUT2D eigenvalue weighted by molar-refractivity contribution is 5.91. The second kappa shape index (κ2) is 7.35. The zero-order valence-electron chi connectivity index (χ0n) is 15.1. The second-order valence-corrected chi connectivity index (χ2v) is 7.66. The Morgan fingerprint density at radius 2 is 1.96 bits per heavy atom. The fraction of sp³-hybridized carbons (Fsp3) is 0.632. The van der Waals surface area contributed by atoms with Crippen LogP contribution >= 0.6 is 0 Å². The minimum Gasteiger partial charge on any atom is -0.456 e. The van der Waals surface area contributed by atoms with Gasteiger partial charge in [-0.05, 0) is 84.3 Å². The first kappa shape index (κ1) is 17.8. The van der Waals surface area contributed by atoms with Gasteiger partial charge in [-0.1, -0.05) is 6.07 Å². The normalized spacial score (nSPS) is 17.1. The van der Waals surface area contributed by atoms with Crippen molar-refractivity contribution < 1.29 is 9.53 Å². The molecule has 0 saturated carbocycles. The topological polar surface area (TPSA) is 41.6 Å². The van der Waals surface area contributed by atoms with Crippen molar-refractivity contribution in [3.05, 3.63) is 29.3 Å². The van der Waals surface area contributed by atoms with E-state index >= 15 is 0 Å². The van der Waals surface area contributed by atoms with E-state index in [4.69, 9.17) is 4.74 Å². The number of rotatable bonds is 4. The maximum Gasteiger partial charge on any atom is 0.338 e. The predicted molar refractivity (Wildman–Crippen MR) is 95.1 cm³/mol. The minimum atomic E-state index is -0.469. The fourth-order valence-corrected chi connectivity index (χ4v) is 2.80. The molecule has 1 aliphatic heterocycles. The lowest BCUT2D eigenvalue weighted by Gasteiger charge is -2.29. The number of esters is 1. The summed E-state index contributed by atoms with van der Waals surface area (Å²) in [5.41, 5.74) is 2.33. The molecule has 1 saturated heterocycles. The monoisotopic (exact) mass is 318 g/mol. The van der Waals surface area contributed by atoms with Crippen LogP contribution in [0.25, 0.3) is 0 Å². The molecular weight excluding hydrogens is 288 g/mol. The summed E-state index contributed by atoms with van der Waals surface area (Å²) < 4.78 is 5.45. The molecule has 0 aliphatic carbocycles. The number of nitrogens with one attached hydrogen (secondary N) is 1. The zero-order valence-corrected chi connectivity index (χ0v) is 15.1. The maximum atomic E-state index is 12.2. The number of ether oxygens (including phenoxy) is 1. The van der Waals surface area contributed by atoms with Crippen LogP contribution in [0, 0.1) is 12.8 Å². The van der Waals surface area contributed by atoms with E-state index in [-0.39, 0.29) is 5.97 Å². The molecule has 4 nitrogen and oxygen atoms in total. The molecule has 0 aromatic heterocycles. The third-order valence-corrected chi connectivity index (χ3v) is 4.29. The minimum absolute atomic E-state index is 0.264. The number of nitrogens with zero attached hydrogens (tertiary/aromatic N) is 1.